The van der Waals surface area contributed by atoms with Crippen LogP contribution in [-0.4, -0.2) is 39.7 Å². The van der Waals surface area contributed by atoms with E-state index in [2.05, 4.69) is 4.98 Å². The third kappa shape index (κ3) is 2.93. The fourth-order valence-corrected chi connectivity index (χ4v) is 4.62. The van der Waals surface area contributed by atoms with E-state index in [1.165, 1.54) is 18.3 Å². The quantitative estimate of drug-likeness (QED) is 0.707. The van der Waals surface area contributed by atoms with Gasteiger partial charge in [0.1, 0.15) is 10.7 Å². The standard InChI is InChI=1S/C19H17FN2O3S/c20-14-6-7-17-16(12-14)19(22-8-10-25-11-9-22)18(13-21-17)26(23,24)15-4-2-1-3-5-15/h1-7,12-13H,8-11H2. The molecule has 2 heterocycles. The van der Waals surface area contributed by atoms with Gasteiger partial charge in [-0.2, -0.15) is 0 Å². The number of ether oxygens (including phenoxy) is 1. The van der Waals surface area contributed by atoms with Gasteiger partial charge in [-0.05, 0) is 30.3 Å². The molecule has 3 aromatic rings. The summed E-state index contributed by atoms with van der Waals surface area (Å²) in [5.74, 6) is -0.428. The van der Waals surface area contributed by atoms with E-state index in [0.717, 1.165) is 0 Å². The van der Waals surface area contributed by atoms with Crippen LogP contribution in [0.15, 0.2) is 64.5 Å². The number of aromatic nitrogens is 1. The summed E-state index contributed by atoms with van der Waals surface area (Å²) in [6, 6.07) is 12.4. The second-order valence-electron chi connectivity index (χ2n) is 6.05. The normalized spacial score (nSPS) is 15.3. The summed E-state index contributed by atoms with van der Waals surface area (Å²) < 4.78 is 45.8. The van der Waals surface area contributed by atoms with Gasteiger partial charge in [-0.15, -0.1) is 0 Å². The molecule has 7 heteroatoms. The number of sulfone groups is 1. The molecule has 0 bridgehead atoms. The highest BCUT2D eigenvalue weighted by Crippen LogP contribution is 2.36. The van der Waals surface area contributed by atoms with Gasteiger partial charge in [0.2, 0.25) is 9.84 Å². The van der Waals surface area contributed by atoms with Gasteiger partial charge in [-0.3, -0.25) is 4.98 Å². The number of rotatable bonds is 3. The Balaban J connectivity index is 2.00. The summed E-state index contributed by atoms with van der Waals surface area (Å²) in [5, 5.41) is 0.490. The molecule has 1 fully saturated rings. The minimum absolute atomic E-state index is 0.0868. The molecular formula is C19H17FN2O3S. The Labute approximate surface area is 151 Å². The zero-order valence-electron chi connectivity index (χ0n) is 13.9. The first-order chi connectivity index (χ1) is 12.6. The fraction of sp³-hybridized carbons (Fsp3) is 0.211. The highest BCUT2D eigenvalue weighted by molar-refractivity contribution is 7.91. The van der Waals surface area contributed by atoms with Crippen molar-refractivity contribution in [3.8, 4) is 0 Å². The van der Waals surface area contributed by atoms with E-state index in [1.54, 1.807) is 36.4 Å². The van der Waals surface area contributed by atoms with E-state index in [1.807, 2.05) is 4.90 Å². The number of morpholine rings is 1. The highest BCUT2D eigenvalue weighted by atomic mass is 32.2. The summed E-state index contributed by atoms with van der Waals surface area (Å²) in [6.45, 7) is 2.05. The number of benzene rings is 2. The van der Waals surface area contributed by atoms with Crippen LogP contribution >= 0.6 is 0 Å². The number of pyridine rings is 1. The molecule has 0 unspecified atom stereocenters. The molecule has 5 nitrogen and oxygen atoms in total. The van der Waals surface area contributed by atoms with Crippen molar-refractivity contribution in [3.63, 3.8) is 0 Å². The second-order valence-corrected chi connectivity index (χ2v) is 7.97. The molecule has 1 saturated heterocycles. The van der Waals surface area contributed by atoms with Crippen molar-refractivity contribution in [1.29, 1.82) is 0 Å². The van der Waals surface area contributed by atoms with Crippen LogP contribution in [0.25, 0.3) is 10.9 Å². The number of anilines is 1. The molecule has 134 valence electrons. The number of hydrogen-bond acceptors (Lipinski definition) is 5. The zero-order valence-corrected chi connectivity index (χ0v) is 14.7. The van der Waals surface area contributed by atoms with Crippen LogP contribution in [-0.2, 0) is 14.6 Å². The van der Waals surface area contributed by atoms with Gasteiger partial charge < -0.3 is 9.64 Å². The van der Waals surface area contributed by atoms with Crippen molar-refractivity contribution in [1.82, 2.24) is 4.98 Å². The predicted molar refractivity (Wildman–Crippen MR) is 96.6 cm³/mol. The summed E-state index contributed by atoms with van der Waals surface area (Å²) in [4.78, 5) is 6.47. The van der Waals surface area contributed by atoms with E-state index < -0.39 is 15.7 Å². The molecule has 1 aliphatic rings. The molecule has 1 aliphatic heterocycles. The van der Waals surface area contributed by atoms with Crippen molar-refractivity contribution in [2.75, 3.05) is 31.2 Å². The largest absolute Gasteiger partial charge is 0.378 e. The van der Waals surface area contributed by atoms with E-state index >= 15 is 0 Å². The van der Waals surface area contributed by atoms with Crippen LogP contribution in [0.2, 0.25) is 0 Å². The molecule has 0 amide bonds. The minimum atomic E-state index is -3.79. The second kappa shape index (κ2) is 6.66. The Hall–Kier alpha value is -2.51. The fourth-order valence-electron chi connectivity index (χ4n) is 3.17. The van der Waals surface area contributed by atoms with Crippen LogP contribution in [0, 0.1) is 5.82 Å². The number of fused-ring (bicyclic) bond motifs is 1. The predicted octanol–water partition coefficient (Wildman–Crippen LogP) is 3.04. The lowest BCUT2D eigenvalue weighted by molar-refractivity contribution is 0.122. The zero-order chi connectivity index (χ0) is 18.1. The maximum Gasteiger partial charge on any atom is 0.210 e. The van der Waals surface area contributed by atoms with Gasteiger partial charge in [0, 0.05) is 24.7 Å². The lowest BCUT2D eigenvalue weighted by Gasteiger charge is -2.31. The molecule has 0 radical (unpaired) electrons. The number of halogens is 1. The Morgan fingerprint density at radius 2 is 1.77 bits per heavy atom. The van der Waals surface area contributed by atoms with Crippen molar-refractivity contribution < 1.29 is 17.5 Å². The molecule has 4 rings (SSSR count). The lowest BCUT2D eigenvalue weighted by atomic mass is 10.1. The van der Waals surface area contributed by atoms with Gasteiger partial charge in [0.05, 0.1) is 29.3 Å². The SMILES string of the molecule is O=S(=O)(c1ccccc1)c1cnc2ccc(F)cc2c1N1CCOCC1. The van der Waals surface area contributed by atoms with E-state index in [4.69, 9.17) is 4.74 Å². The molecule has 0 spiro atoms. The average molecular weight is 372 g/mol. The lowest BCUT2D eigenvalue weighted by Crippen LogP contribution is -2.37. The van der Waals surface area contributed by atoms with Crippen LogP contribution < -0.4 is 4.90 Å². The number of hydrogen-bond donors (Lipinski definition) is 0. The Kier molecular flexibility index (Phi) is 4.34. The van der Waals surface area contributed by atoms with E-state index in [-0.39, 0.29) is 9.79 Å². The molecule has 0 aliphatic carbocycles. The minimum Gasteiger partial charge on any atom is -0.378 e. The Morgan fingerprint density at radius 3 is 2.50 bits per heavy atom. The Bertz CT molecular complexity index is 1050. The summed E-state index contributed by atoms with van der Waals surface area (Å²) >= 11 is 0. The highest BCUT2D eigenvalue weighted by Gasteiger charge is 2.27. The topological polar surface area (TPSA) is 59.5 Å². The molecule has 0 saturated carbocycles. The van der Waals surface area contributed by atoms with Crippen LogP contribution in [0.5, 0.6) is 0 Å². The maximum atomic E-state index is 13.9. The van der Waals surface area contributed by atoms with E-state index in [0.29, 0.717) is 42.9 Å². The van der Waals surface area contributed by atoms with Crippen LogP contribution in [0.4, 0.5) is 10.1 Å². The average Bonchev–Trinajstić information content (AvgIpc) is 2.68. The summed E-state index contributed by atoms with van der Waals surface area (Å²) in [6.07, 6.45) is 1.37. The summed E-state index contributed by atoms with van der Waals surface area (Å²) in [5.41, 5.74) is 1.04. The monoisotopic (exact) mass is 372 g/mol. The van der Waals surface area contributed by atoms with Gasteiger partial charge in [0.25, 0.3) is 0 Å². The van der Waals surface area contributed by atoms with Crippen molar-refractivity contribution in [2.45, 2.75) is 9.79 Å². The van der Waals surface area contributed by atoms with Crippen LogP contribution in [0.1, 0.15) is 0 Å². The number of nitrogens with zero attached hydrogens (tertiary/aromatic N) is 2. The first kappa shape index (κ1) is 16.9. The molecular weight excluding hydrogens is 355 g/mol. The van der Waals surface area contributed by atoms with Gasteiger partial charge in [0.15, 0.2) is 0 Å². The van der Waals surface area contributed by atoms with E-state index in [9.17, 15) is 12.8 Å². The van der Waals surface area contributed by atoms with Crippen molar-refractivity contribution >= 4 is 26.4 Å². The molecule has 26 heavy (non-hydrogen) atoms. The molecule has 2 aromatic carbocycles. The third-order valence-corrected chi connectivity index (χ3v) is 6.21. The van der Waals surface area contributed by atoms with Crippen LogP contribution in [0.3, 0.4) is 0 Å². The smallest absolute Gasteiger partial charge is 0.210 e. The first-order valence-corrected chi connectivity index (χ1v) is 9.77. The van der Waals surface area contributed by atoms with Gasteiger partial charge in [-0.1, -0.05) is 18.2 Å². The molecule has 1 aromatic heterocycles. The van der Waals surface area contributed by atoms with Gasteiger partial charge >= 0.3 is 0 Å². The molecule has 0 atom stereocenters. The van der Waals surface area contributed by atoms with Crippen molar-refractivity contribution in [2.24, 2.45) is 0 Å². The van der Waals surface area contributed by atoms with Crippen molar-refractivity contribution in [3.05, 3.63) is 60.5 Å². The van der Waals surface area contributed by atoms with Gasteiger partial charge in [-0.25, -0.2) is 12.8 Å². The third-order valence-electron chi connectivity index (χ3n) is 4.44. The first-order valence-electron chi connectivity index (χ1n) is 8.28. The maximum absolute atomic E-state index is 13.9. The molecule has 0 N–H and O–H groups in total. The Morgan fingerprint density at radius 1 is 1.04 bits per heavy atom. The summed E-state index contributed by atoms with van der Waals surface area (Å²) in [7, 11) is -3.79.